The van der Waals surface area contributed by atoms with Gasteiger partial charge in [-0.25, -0.2) is 4.79 Å². The second kappa shape index (κ2) is 14.3. The van der Waals surface area contributed by atoms with Crippen LogP contribution in [0.1, 0.15) is 70.6 Å². The van der Waals surface area contributed by atoms with Crippen molar-refractivity contribution in [1.29, 1.82) is 0 Å². The number of hydrogen-bond acceptors (Lipinski definition) is 3. The van der Waals surface area contributed by atoms with E-state index < -0.39 is 5.97 Å². The lowest BCUT2D eigenvalue weighted by atomic mass is 10.1. The second-order valence-corrected chi connectivity index (χ2v) is 6.25. The van der Waals surface area contributed by atoms with Gasteiger partial charge in [0.15, 0.2) is 0 Å². The Kier molecular flexibility index (Phi) is 11.9. The number of esters is 1. The van der Waals surface area contributed by atoms with Crippen molar-refractivity contribution in [2.75, 3.05) is 0 Å². The number of rotatable bonds is 14. The van der Waals surface area contributed by atoms with Gasteiger partial charge in [-0.3, -0.25) is 4.79 Å². The highest BCUT2D eigenvalue weighted by Crippen LogP contribution is 2.12. The molecule has 1 aromatic carbocycles. The first kappa shape index (κ1) is 20.9. The zero-order valence-corrected chi connectivity index (χ0v) is 15.0. The third kappa shape index (κ3) is 12.9. The van der Waals surface area contributed by atoms with Crippen LogP contribution in [0.5, 0.6) is 5.75 Å². The van der Waals surface area contributed by atoms with Crippen LogP contribution in [0.25, 0.3) is 0 Å². The summed E-state index contributed by atoms with van der Waals surface area (Å²) in [4.78, 5) is 22.0. The molecule has 0 bridgehead atoms. The molecule has 0 saturated heterocycles. The molecule has 0 heterocycles. The Morgan fingerprint density at radius 3 is 2.00 bits per heavy atom. The summed E-state index contributed by atoms with van der Waals surface area (Å²) in [6.45, 7) is 0. The zero-order chi connectivity index (χ0) is 18.2. The molecule has 0 aliphatic rings. The molecule has 1 rings (SSSR count). The van der Waals surface area contributed by atoms with Crippen LogP contribution < -0.4 is 4.74 Å². The zero-order valence-electron chi connectivity index (χ0n) is 15.0. The van der Waals surface area contributed by atoms with Crippen molar-refractivity contribution >= 4 is 11.9 Å². The number of carboxylic acids is 1. The number of carbonyl (C=O) groups is 2. The first-order chi connectivity index (χ1) is 12.2. The predicted octanol–water partition coefficient (Wildman–Crippen LogP) is 5.52. The van der Waals surface area contributed by atoms with Gasteiger partial charge < -0.3 is 9.84 Å². The molecule has 0 spiro atoms. The monoisotopic (exact) mass is 346 g/mol. The first-order valence-corrected chi connectivity index (χ1v) is 9.33. The lowest BCUT2D eigenvalue weighted by molar-refractivity contribution is -0.137. The molecule has 0 aliphatic heterocycles. The molecule has 0 unspecified atom stereocenters. The van der Waals surface area contributed by atoms with E-state index in [-0.39, 0.29) is 5.97 Å². The number of aliphatic carboxylic acids is 1. The summed E-state index contributed by atoms with van der Waals surface area (Å²) in [5, 5.41) is 8.54. The van der Waals surface area contributed by atoms with E-state index in [1.807, 2.05) is 24.3 Å². The van der Waals surface area contributed by atoms with Gasteiger partial charge in [0, 0.05) is 12.5 Å². The number of carbonyl (C=O) groups excluding carboxylic acids is 1. The number of unbranched alkanes of at least 4 members (excludes halogenated alkanes) is 9. The van der Waals surface area contributed by atoms with Gasteiger partial charge in [0.05, 0.1) is 0 Å². The molecule has 0 atom stereocenters. The van der Waals surface area contributed by atoms with Gasteiger partial charge in [0.25, 0.3) is 0 Å². The lowest BCUT2D eigenvalue weighted by Crippen LogP contribution is -2.03. The fourth-order valence-electron chi connectivity index (χ4n) is 2.59. The number of carboxylic acid groups (broad SMARTS) is 1. The Morgan fingerprint density at radius 1 is 0.840 bits per heavy atom. The molecule has 4 nitrogen and oxygen atoms in total. The highest BCUT2D eigenvalue weighted by Gasteiger charge is 1.99. The summed E-state index contributed by atoms with van der Waals surface area (Å²) < 4.78 is 5.17. The van der Waals surface area contributed by atoms with Gasteiger partial charge in [0.2, 0.25) is 0 Å². The van der Waals surface area contributed by atoms with Crippen LogP contribution in [-0.4, -0.2) is 17.0 Å². The van der Waals surface area contributed by atoms with Crippen molar-refractivity contribution in [3.8, 4) is 5.75 Å². The number of para-hydroxylation sites is 1. The van der Waals surface area contributed by atoms with Gasteiger partial charge >= 0.3 is 11.9 Å². The van der Waals surface area contributed by atoms with Crippen molar-refractivity contribution in [1.82, 2.24) is 0 Å². The fraction of sp³-hybridized carbons (Fsp3) is 0.524. The summed E-state index contributed by atoms with van der Waals surface area (Å²) in [5.74, 6) is -0.448. The van der Waals surface area contributed by atoms with Crippen LogP contribution in [0.3, 0.4) is 0 Å². The summed E-state index contributed by atoms with van der Waals surface area (Å²) in [6.07, 6.45) is 14.7. The van der Waals surface area contributed by atoms with Crippen molar-refractivity contribution in [3.63, 3.8) is 0 Å². The van der Waals surface area contributed by atoms with Gasteiger partial charge in [-0.15, -0.1) is 0 Å². The third-order valence-electron chi connectivity index (χ3n) is 3.98. The Morgan fingerprint density at radius 2 is 1.40 bits per heavy atom. The molecule has 25 heavy (non-hydrogen) atoms. The number of allylic oxidation sites excluding steroid dienone is 1. The first-order valence-electron chi connectivity index (χ1n) is 9.33. The SMILES string of the molecule is O=C(O)CCCCCCCCCCCC=CC(=O)Oc1ccccc1. The van der Waals surface area contributed by atoms with E-state index in [0.29, 0.717) is 12.2 Å². The molecule has 0 radical (unpaired) electrons. The van der Waals surface area contributed by atoms with Crippen LogP contribution in [0.15, 0.2) is 42.5 Å². The van der Waals surface area contributed by atoms with Crippen LogP contribution in [-0.2, 0) is 9.59 Å². The fourth-order valence-corrected chi connectivity index (χ4v) is 2.59. The topological polar surface area (TPSA) is 63.6 Å². The third-order valence-corrected chi connectivity index (χ3v) is 3.98. The molecule has 4 heteroatoms. The van der Waals surface area contributed by atoms with Crippen molar-refractivity contribution in [2.45, 2.75) is 70.6 Å². The highest BCUT2D eigenvalue weighted by atomic mass is 16.5. The van der Waals surface area contributed by atoms with E-state index in [1.165, 1.54) is 38.2 Å². The van der Waals surface area contributed by atoms with Crippen molar-refractivity contribution in [3.05, 3.63) is 42.5 Å². The molecule has 0 aromatic heterocycles. The van der Waals surface area contributed by atoms with Gasteiger partial charge in [-0.1, -0.05) is 69.2 Å². The highest BCUT2D eigenvalue weighted by molar-refractivity contribution is 5.83. The Labute approximate surface area is 150 Å². The molecule has 0 aliphatic carbocycles. The number of hydrogen-bond donors (Lipinski definition) is 1. The smallest absolute Gasteiger partial charge is 0.335 e. The van der Waals surface area contributed by atoms with Crippen LogP contribution in [0.4, 0.5) is 0 Å². The summed E-state index contributed by atoms with van der Waals surface area (Å²) in [5.41, 5.74) is 0. The van der Waals surface area contributed by atoms with Crippen molar-refractivity contribution in [2.24, 2.45) is 0 Å². The normalized spacial score (nSPS) is 10.9. The predicted molar refractivity (Wildman–Crippen MR) is 99.6 cm³/mol. The Balaban J connectivity index is 1.88. The molecule has 0 fully saturated rings. The van der Waals surface area contributed by atoms with Crippen LogP contribution >= 0.6 is 0 Å². The maximum atomic E-state index is 11.6. The summed E-state index contributed by atoms with van der Waals surface area (Å²) in [6, 6.07) is 9.08. The summed E-state index contributed by atoms with van der Waals surface area (Å²) >= 11 is 0. The maximum absolute atomic E-state index is 11.6. The van der Waals surface area contributed by atoms with E-state index in [4.69, 9.17) is 9.84 Å². The molecule has 138 valence electrons. The molecule has 1 aromatic rings. The van der Waals surface area contributed by atoms with Gasteiger partial charge in [-0.05, 0) is 31.4 Å². The summed E-state index contributed by atoms with van der Waals surface area (Å²) in [7, 11) is 0. The molecule has 0 amide bonds. The Bertz CT molecular complexity index is 508. The van der Waals surface area contributed by atoms with E-state index >= 15 is 0 Å². The largest absolute Gasteiger partial charge is 0.481 e. The van der Waals surface area contributed by atoms with E-state index in [1.54, 1.807) is 12.1 Å². The maximum Gasteiger partial charge on any atom is 0.335 e. The average Bonchev–Trinajstić information content (AvgIpc) is 2.59. The average molecular weight is 346 g/mol. The van der Waals surface area contributed by atoms with Crippen LogP contribution in [0.2, 0.25) is 0 Å². The standard InChI is InChI=1S/C21H30O4/c22-20(23)17-13-8-6-4-2-1-3-5-7-9-14-18-21(24)25-19-15-11-10-12-16-19/h10-12,14-16,18H,1-9,13,17H2,(H,22,23). The lowest BCUT2D eigenvalue weighted by Gasteiger charge is -2.01. The van der Waals surface area contributed by atoms with E-state index in [9.17, 15) is 9.59 Å². The minimum absolute atomic E-state index is 0.298. The molecular weight excluding hydrogens is 316 g/mol. The quantitative estimate of drug-likeness (QED) is 0.208. The minimum atomic E-state index is -0.692. The minimum Gasteiger partial charge on any atom is -0.481 e. The van der Waals surface area contributed by atoms with Crippen molar-refractivity contribution < 1.29 is 19.4 Å². The van der Waals surface area contributed by atoms with Gasteiger partial charge in [0.1, 0.15) is 5.75 Å². The van der Waals surface area contributed by atoms with E-state index in [2.05, 4.69) is 0 Å². The molecule has 0 saturated carbocycles. The number of benzene rings is 1. The molecular formula is C21H30O4. The van der Waals surface area contributed by atoms with Gasteiger partial charge in [-0.2, -0.15) is 0 Å². The number of ether oxygens (including phenoxy) is 1. The van der Waals surface area contributed by atoms with E-state index in [0.717, 1.165) is 32.1 Å². The second-order valence-electron chi connectivity index (χ2n) is 6.25. The van der Waals surface area contributed by atoms with Crippen LogP contribution in [0, 0.1) is 0 Å². The molecule has 1 N–H and O–H groups in total. The Hall–Kier alpha value is -2.10.